The van der Waals surface area contributed by atoms with Crippen LogP contribution in [-0.2, 0) is 4.74 Å². The highest BCUT2D eigenvalue weighted by Gasteiger charge is 2.31. The largest absolute Gasteiger partial charge is 0.490 e. The van der Waals surface area contributed by atoms with Gasteiger partial charge in [0, 0.05) is 52.4 Å². The van der Waals surface area contributed by atoms with Crippen LogP contribution in [0.1, 0.15) is 61.8 Å². The van der Waals surface area contributed by atoms with Crippen molar-refractivity contribution in [3.63, 3.8) is 0 Å². The molecule has 0 spiro atoms. The number of hydrogen-bond donors (Lipinski definition) is 2. The maximum Gasteiger partial charge on any atom is 0.321 e. The van der Waals surface area contributed by atoms with Crippen LogP contribution in [0.5, 0.6) is 5.75 Å². The van der Waals surface area contributed by atoms with Gasteiger partial charge in [0.15, 0.2) is 5.76 Å². The minimum atomic E-state index is -0.438. The fraction of sp³-hybridized carbons (Fsp3) is 0.633. The lowest BCUT2D eigenvalue weighted by Crippen LogP contribution is -2.48. The highest BCUT2D eigenvalue weighted by molar-refractivity contribution is 5.98. The molecule has 11 nitrogen and oxygen atoms in total. The number of amides is 3. The summed E-state index contributed by atoms with van der Waals surface area (Å²) in [4.78, 5) is 32.4. The SMILES string of the molecule is Cc1noc(C)c1NC(=O)N(C)C[C@H]1OCCCC[C@@H](C)Oc2ccc(N(C)C)cc2C(=O)N([C@H](C)CO)C[C@@H]1C. The maximum atomic E-state index is 14.1. The van der Waals surface area contributed by atoms with Gasteiger partial charge in [0.1, 0.15) is 17.1 Å². The van der Waals surface area contributed by atoms with Gasteiger partial charge in [-0.05, 0) is 65.2 Å². The predicted molar refractivity (Wildman–Crippen MR) is 159 cm³/mol. The second-order valence-electron chi connectivity index (χ2n) is 11.4. The smallest absolute Gasteiger partial charge is 0.321 e. The Hall–Kier alpha value is -3.31. The molecule has 0 radical (unpaired) electrons. The highest BCUT2D eigenvalue weighted by Crippen LogP contribution is 2.29. The Kier molecular flexibility index (Phi) is 11.4. The van der Waals surface area contributed by atoms with Crippen LogP contribution in [-0.4, -0.2) is 97.7 Å². The van der Waals surface area contributed by atoms with E-state index in [9.17, 15) is 14.7 Å². The zero-order valence-corrected chi connectivity index (χ0v) is 25.8. The second-order valence-corrected chi connectivity index (χ2v) is 11.4. The van der Waals surface area contributed by atoms with Crippen LogP contribution in [0, 0.1) is 19.8 Å². The van der Waals surface area contributed by atoms with Gasteiger partial charge in [-0.3, -0.25) is 4.79 Å². The molecular formula is C30H47N5O6. The fourth-order valence-electron chi connectivity index (χ4n) is 4.87. The van der Waals surface area contributed by atoms with Crippen molar-refractivity contribution in [2.75, 3.05) is 57.7 Å². The molecule has 228 valence electrons. The number of carbonyl (C=O) groups excluding carboxylic acids is 2. The van der Waals surface area contributed by atoms with Gasteiger partial charge in [0.2, 0.25) is 0 Å². The lowest BCUT2D eigenvalue weighted by Gasteiger charge is -2.36. The number of anilines is 2. The molecule has 1 aliphatic rings. The molecule has 0 aliphatic carbocycles. The molecule has 3 rings (SSSR count). The van der Waals surface area contributed by atoms with E-state index in [1.165, 1.54) is 0 Å². The summed E-state index contributed by atoms with van der Waals surface area (Å²) < 4.78 is 17.8. The molecule has 0 saturated heterocycles. The van der Waals surface area contributed by atoms with Crippen molar-refractivity contribution in [3.05, 3.63) is 35.2 Å². The fourth-order valence-corrected chi connectivity index (χ4v) is 4.87. The summed E-state index contributed by atoms with van der Waals surface area (Å²) >= 11 is 0. The van der Waals surface area contributed by atoms with E-state index in [-0.39, 0.29) is 36.7 Å². The number of rotatable bonds is 6. The van der Waals surface area contributed by atoms with Crippen molar-refractivity contribution in [1.29, 1.82) is 0 Å². The Labute approximate surface area is 243 Å². The summed E-state index contributed by atoms with van der Waals surface area (Å²) in [5.41, 5.74) is 2.50. The molecule has 4 atom stereocenters. The Balaban J connectivity index is 1.89. The lowest BCUT2D eigenvalue weighted by atomic mass is 10.0. The minimum absolute atomic E-state index is 0.0905. The first-order chi connectivity index (χ1) is 19.4. The second kappa shape index (κ2) is 14.5. The van der Waals surface area contributed by atoms with Crippen LogP contribution in [0.15, 0.2) is 22.7 Å². The third-order valence-electron chi connectivity index (χ3n) is 7.62. The number of aryl methyl sites for hydroxylation is 2. The molecule has 1 aliphatic heterocycles. The van der Waals surface area contributed by atoms with E-state index < -0.39 is 6.04 Å². The Bertz CT molecular complexity index is 1150. The average molecular weight is 574 g/mol. The first-order valence-corrected chi connectivity index (χ1v) is 14.4. The molecule has 11 heteroatoms. The third kappa shape index (κ3) is 8.36. The molecule has 2 N–H and O–H groups in total. The zero-order chi connectivity index (χ0) is 30.3. The summed E-state index contributed by atoms with van der Waals surface area (Å²) in [6, 6.07) is 4.90. The summed E-state index contributed by atoms with van der Waals surface area (Å²) in [6.45, 7) is 10.3. The molecule has 1 aromatic heterocycles. The number of nitrogens with one attached hydrogen (secondary N) is 1. The zero-order valence-electron chi connectivity index (χ0n) is 25.8. The van der Waals surface area contributed by atoms with Crippen LogP contribution in [0.3, 0.4) is 0 Å². The standard InChI is InChI=1S/C30H47N5O6/c1-19-16-35(20(2)18-36)29(37)25-15-24(33(6)7)12-13-26(25)40-21(3)11-9-10-14-39-27(19)17-34(8)30(38)31-28-22(4)32-41-23(28)5/h12-13,15,19-21,27,36H,9-11,14,16-18H2,1-8H3,(H,31,38)/t19-,20+,21+,27+/m0/s1. The molecule has 1 aromatic carbocycles. The van der Waals surface area contributed by atoms with Crippen molar-refractivity contribution in [2.24, 2.45) is 5.92 Å². The van der Waals surface area contributed by atoms with E-state index in [0.717, 1.165) is 24.9 Å². The normalized spacial score (nSPS) is 21.3. The number of hydrogen-bond acceptors (Lipinski definition) is 8. The average Bonchev–Trinajstić information content (AvgIpc) is 3.25. The van der Waals surface area contributed by atoms with Crippen molar-refractivity contribution in [3.8, 4) is 5.75 Å². The number of benzene rings is 1. The molecule has 0 unspecified atom stereocenters. The van der Waals surface area contributed by atoms with Crippen LogP contribution in [0.2, 0.25) is 0 Å². The number of urea groups is 1. The number of carbonyl (C=O) groups is 2. The number of fused-ring (bicyclic) bond motifs is 1. The number of aromatic nitrogens is 1. The molecule has 0 fully saturated rings. The van der Waals surface area contributed by atoms with Gasteiger partial charge < -0.3 is 39.1 Å². The van der Waals surface area contributed by atoms with Crippen molar-refractivity contribution in [1.82, 2.24) is 15.0 Å². The molecule has 2 aromatic rings. The van der Waals surface area contributed by atoms with Gasteiger partial charge in [-0.1, -0.05) is 12.1 Å². The van der Waals surface area contributed by atoms with Gasteiger partial charge in [-0.15, -0.1) is 0 Å². The topological polar surface area (TPSA) is 121 Å². The van der Waals surface area contributed by atoms with Gasteiger partial charge >= 0.3 is 6.03 Å². The maximum absolute atomic E-state index is 14.1. The number of ether oxygens (including phenoxy) is 2. The Morgan fingerprint density at radius 2 is 1.95 bits per heavy atom. The molecule has 0 saturated carbocycles. The Morgan fingerprint density at radius 1 is 1.22 bits per heavy atom. The number of aliphatic hydroxyl groups is 1. The van der Waals surface area contributed by atoms with Crippen LogP contribution < -0.4 is 15.0 Å². The first-order valence-electron chi connectivity index (χ1n) is 14.4. The van der Waals surface area contributed by atoms with Crippen LogP contribution in [0.4, 0.5) is 16.2 Å². The van der Waals surface area contributed by atoms with Gasteiger partial charge in [-0.25, -0.2) is 4.79 Å². The first kappa shape index (κ1) is 32.2. The van der Waals surface area contributed by atoms with Crippen molar-refractivity contribution >= 4 is 23.3 Å². The summed E-state index contributed by atoms with van der Waals surface area (Å²) in [5, 5.41) is 16.9. The predicted octanol–water partition coefficient (Wildman–Crippen LogP) is 4.32. The van der Waals surface area contributed by atoms with Crippen molar-refractivity contribution < 1.29 is 28.7 Å². The van der Waals surface area contributed by atoms with Gasteiger partial charge in [-0.2, -0.15) is 0 Å². The van der Waals surface area contributed by atoms with Crippen LogP contribution >= 0.6 is 0 Å². The minimum Gasteiger partial charge on any atom is -0.490 e. The number of aliphatic hydroxyl groups excluding tert-OH is 1. The van der Waals surface area contributed by atoms with Gasteiger partial charge in [0.05, 0.1) is 30.4 Å². The number of nitrogens with zero attached hydrogens (tertiary/aromatic N) is 4. The Morgan fingerprint density at radius 3 is 2.59 bits per heavy atom. The molecular weight excluding hydrogens is 526 g/mol. The van der Waals surface area contributed by atoms with E-state index in [1.807, 2.05) is 58.0 Å². The van der Waals surface area contributed by atoms with E-state index >= 15 is 0 Å². The van der Waals surface area contributed by atoms with Crippen LogP contribution in [0.25, 0.3) is 0 Å². The molecule has 41 heavy (non-hydrogen) atoms. The lowest BCUT2D eigenvalue weighted by molar-refractivity contribution is -0.0115. The highest BCUT2D eigenvalue weighted by atomic mass is 16.5. The molecule has 3 amide bonds. The van der Waals surface area contributed by atoms with E-state index in [0.29, 0.717) is 48.2 Å². The van der Waals surface area contributed by atoms with Gasteiger partial charge in [0.25, 0.3) is 5.91 Å². The summed E-state index contributed by atoms with van der Waals surface area (Å²) in [7, 11) is 5.57. The van der Waals surface area contributed by atoms with Crippen molar-refractivity contribution in [2.45, 2.75) is 72.1 Å². The number of likely N-dealkylation sites (N-methyl/N-ethyl adjacent to an activating group) is 1. The van der Waals surface area contributed by atoms with E-state index in [2.05, 4.69) is 10.5 Å². The van der Waals surface area contributed by atoms with E-state index in [4.69, 9.17) is 14.0 Å². The quantitative estimate of drug-likeness (QED) is 0.524. The summed E-state index contributed by atoms with van der Waals surface area (Å²) in [5.74, 6) is 0.710. The summed E-state index contributed by atoms with van der Waals surface area (Å²) in [6.07, 6.45) is 2.11. The molecule has 0 bridgehead atoms. The monoisotopic (exact) mass is 573 g/mol. The molecule has 2 heterocycles. The third-order valence-corrected chi connectivity index (χ3v) is 7.62. The van der Waals surface area contributed by atoms with E-state index in [1.54, 1.807) is 30.7 Å².